The summed E-state index contributed by atoms with van der Waals surface area (Å²) in [4.78, 5) is 27.8. The number of hydrogen-bond donors (Lipinski definition) is 5. The van der Waals surface area contributed by atoms with E-state index in [1.807, 2.05) is 0 Å². The molecule has 0 spiro atoms. The van der Waals surface area contributed by atoms with Gasteiger partial charge in [0.2, 0.25) is 0 Å². The fraction of sp³-hybridized carbons (Fsp3) is 0.600. The summed E-state index contributed by atoms with van der Waals surface area (Å²) in [7, 11) is -9.33. The summed E-state index contributed by atoms with van der Waals surface area (Å²) in [6.07, 6.45) is 0.250. The zero-order valence-electron chi connectivity index (χ0n) is 13.3. The number of rotatable bonds is 1. The first-order chi connectivity index (χ1) is 7.33. The molecule has 14 nitrogen and oxygen atoms in total. The van der Waals surface area contributed by atoms with Crippen LogP contribution < -0.4 is 0 Å². The first kappa shape index (κ1) is 64.7. The van der Waals surface area contributed by atoms with Gasteiger partial charge in [-0.15, -0.1) is 0 Å². The quantitative estimate of drug-likeness (QED) is 0.102. The van der Waals surface area contributed by atoms with Crippen LogP contribution in [0.25, 0.3) is 0 Å². The standard InChI is InChI=1S/CH2O3.CO2.3CH4.2Ca.2H2O4S.H2O.H2.4H/c2-1-4-3;2-1-3;;;;;;2*1-5(2,3)4;;;;;;/h1,3H;;3*1H4;;;2*(H2,1,2,3,4);1H2;1H;;;;/q;;;;;2*+2;;;;;4*-1. The maximum absolute atomic E-state index is 8.74. The molecule has 0 unspecified atom stereocenters. The number of carbonyl (C=O) groups excluding carboxylic acids is 3. The van der Waals surface area contributed by atoms with Crippen LogP contribution >= 0.6 is 0 Å². The number of carbonyl (C=O) groups is 1. The second-order valence-corrected chi connectivity index (χ2v) is 2.97. The van der Waals surface area contributed by atoms with Gasteiger partial charge in [-0.1, -0.05) is 22.3 Å². The first-order valence-electron chi connectivity index (χ1n) is 2.46. The van der Waals surface area contributed by atoms with Gasteiger partial charge in [-0.2, -0.15) is 26.4 Å². The van der Waals surface area contributed by atoms with Crippen molar-refractivity contribution >= 4 is 109 Å². The predicted molar refractivity (Wildman–Crippen MR) is 85.0 cm³/mol. The normalized spacial score (nSPS) is 6.30. The average molecular weight is 455 g/mol. The monoisotopic (exact) mass is 454 g/mol. The summed E-state index contributed by atoms with van der Waals surface area (Å²) in [6, 6.07) is 0. The zero-order chi connectivity index (χ0) is 15.1. The van der Waals surface area contributed by atoms with Crippen LogP contribution in [0.1, 0.15) is 29.4 Å². The third-order valence-corrected chi connectivity index (χ3v) is 0.0430. The van der Waals surface area contributed by atoms with Crippen molar-refractivity contribution in [2.24, 2.45) is 0 Å². The Hall–Kier alpha value is 1.03. The van der Waals surface area contributed by atoms with Crippen LogP contribution in [0.3, 0.4) is 0 Å². The molecule has 0 aliphatic heterocycles. The fourth-order valence-electron chi connectivity index (χ4n) is 0. The van der Waals surface area contributed by atoms with Crippen molar-refractivity contribution in [1.29, 1.82) is 0 Å². The van der Waals surface area contributed by atoms with Crippen LogP contribution in [-0.2, 0) is 40.1 Å². The maximum Gasteiger partial charge on any atom is 2.00 e. The largest absolute Gasteiger partial charge is 2.00 e. The molecule has 0 heterocycles. The van der Waals surface area contributed by atoms with E-state index in [1.165, 1.54) is 0 Å². The number of hydrogen-bond acceptors (Lipinski definition) is 9. The van der Waals surface area contributed by atoms with Crippen molar-refractivity contribution in [3.05, 3.63) is 0 Å². The van der Waals surface area contributed by atoms with Gasteiger partial charge in [0.1, 0.15) is 0 Å². The minimum absolute atomic E-state index is 0. The molecule has 0 bridgehead atoms. The first-order valence-corrected chi connectivity index (χ1v) is 5.25. The summed E-state index contributed by atoms with van der Waals surface area (Å²) in [5, 5.41) is 7.01. The van der Waals surface area contributed by atoms with E-state index in [1.54, 1.807) is 0 Å². The zero-order valence-corrected chi connectivity index (χ0v) is 15.4. The molecule has 0 saturated heterocycles. The van der Waals surface area contributed by atoms with Gasteiger partial charge in [0, 0.05) is 1.43 Å². The minimum atomic E-state index is -4.67. The maximum atomic E-state index is 8.74. The SMILES string of the molecule is C.C.C.O.O=C=O.O=COO.O=S(=O)(O)O.O=S(=O)(O)O.[Ca+2].[Ca+2].[H-].[H-].[H-].[H-].[HH]. The van der Waals surface area contributed by atoms with Gasteiger partial charge in [0.05, 0.1) is 0 Å². The van der Waals surface area contributed by atoms with Crippen LogP contribution in [0.5, 0.6) is 0 Å². The molecule has 0 aromatic carbocycles. The Kier molecular flexibility index (Phi) is 122. The molecule has 146 valence electrons. The molecule has 0 rings (SSSR count). The second kappa shape index (κ2) is 43.5. The molecule has 0 atom stereocenters. The van der Waals surface area contributed by atoms with Gasteiger partial charge < -0.3 is 16.1 Å². The van der Waals surface area contributed by atoms with E-state index in [4.69, 9.17) is 54.7 Å². The summed E-state index contributed by atoms with van der Waals surface area (Å²) in [5.74, 6) is 0. The Morgan fingerprint density at radius 2 is 0.913 bits per heavy atom. The van der Waals surface area contributed by atoms with Crippen LogP contribution in [0.4, 0.5) is 0 Å². The third kappa shape index (κ3) is 2470. The van der Waals surface area contributed by atoms with E-state index in [2.05, 4.69) is 4.89 Å². The molecule has 0 aliphatic rings. The average Bonchev–Trinajstić information content (AvgIpc) is 1.99. The predicted octanol–water partition coefficient (Wildman–Crippen LogP) is -1.24. The van der Waals surface area contributed by atoms with E-state index in [-0.39, 0.29) is 123 Å². The van der Waals surface area contributed by atoms with Gasteiger partial charge in [0.15, 0.2) is 0 Å². The van der Waals surface area contributed by atoms with E-state index in [9.17, 15) is 0 Å². The molecule has 0 saturated carbocycles. The Bertz CT molecular complexity index is 370. The van der Waals surface area contributed by atoms with Crippen molar-refractivity contribution < 1.29 is 72.2 Å². The summed E-state index contributed by atoms with van der Waals surface area (Å²) >= 11 is 0. The molecule has 0 aliphatic carbocycles. The summed E-state index contributed by atoms with van der Waals surface area (Å²) in [6.45, 7) is -0.0694. The molecule has 0 aromatic rings. The van der Waals surface area contributed by atoms with Crippen LogP contribution in [0, 0.1) is 0 Å². The molecular formula is C5H26Ca2O14S2. The Labute approximate surface area is 201 Å². The van der Waals surface area contributed by atoms with E-state index < -0.39 is 20.8 Å². The van der Waals surface area contributed by atoms with Crippen LogP contribution in [0.15, 0.2) is 0 Å². The van der Waals surface area contributed by atoms with Gasteiger partial charge in [-0.3, -0.25) is 23.0 Å². The van der Waals surface area contributed by atoms with Gasteiger partial charge >= 0.3 is 109 Å². The molecular weight excluding hydrogens is 428 g/mol. The van der Waals surface area contributed by atoms with Crippen LogP contribution in [0.2, 0.25) is 0 Å². The summed E-state index contributed by atoms with van der Waals surface area (Å²) in [5.41, 5.74) is 0. The minimum Gasteiger partial charge on any atom is -1.00 e. The molecule has 0 aromatic heterocycles. The molecule has 7 N–H and O–H groups in total. The molecule has 18 heteroatoms. The summed E-state index contributed by atoms with van der Waals surface area (Å²) < 4.78 is 63.2. The molecule has 0 radical (unpaired) electrons. The second-order valence-electron chi connectivity index (χ2n) is 1.18. The van der Waals surface area contributed by atoms with Gasteiger partial charge in [-0.25, -0.2) is 5.26 Å². The molecule has 0 fully saturated rings. The fourth-order valence-corrected chi connectivity index (χ4v) is 0. The van der Waals surface area contributed by atoms with Crippen LogP contribution in [-0.4, -0.2) is 134 Å². The van der Waals surface area contributed by atoms with Crippen molar-refractivity contribution in [3.63, 3.8) is 0 Å². The Morgan fingerprint density at radius 1 is 0.870 bits per heavy atom. The van der Waals surface area contributed by atoms with Crippen molar-refractivity contribution in [2.45, 2.75) is 22.3 Å². The van der Waals surface area contributed by atoms with E-state index >= 15 is 0 Å². The van der Waals surface area contributed by atoms with E-state index in [0.717, 1.165) is 0 Å². The van der Waals surface area contributed by atoms with Crippen molar-refractivity contribution in [2.75, 3.05) is 0 Å². The topological polar surface area (TPSA) is 261 Å². The molecule has 23 heavy (non-hydrogen) atoms. The Morgan fingerprint density at radius 3 is 0.913 bits per heavy atom. The van der Waals surface area contributed by atoms with Gasteiger partial charge in [0.25, 0.3) is 0 Å². The van der Waals surface area contributed by atoms with Gasteiger partial charge in [-0.05, 0) is 0 Å². The third-order valence-electron chi connectivity index (χ3n) is 0.0430. The Balaban J connectivity index is -0.00000000553. The smallest absolute Gasteiger partial charge is 1.00 e. The molecule has 0 amide bonds. The van der Waals surface area contributed by atoms with E-state index in [0.29, 0.717) is 0 Å². The van der Waals surface area contributed by atoms with Crippen molar-refractivity contribution in [1.82, 2.24) is 0 Å². The van der Waals surface area contributed by atoms with Crippen molar-refractivity contribution in [3.8, 4) is 0 Å².